The van der Waals surface area contributed by atoms with E-state index in [4.69, 9.17) is 16.3 Å². The van der Waals surface area contributed by atoms with Crippen molar-refractivity contribution in [3.05, 3.63) is 44.9 Å². The predicted molar refractivity (Wildman–Crippen MR) is 122 cm³/mol. The Labute approximate surface area is 190 Å². The molecule has 2 saturated heterocycles. The molecule has 8 heteroatoms. The molecule has 3 N–H and O–H groups in total. The van der Waals surface area contributed by atoms with Crippen molar-refractivity contribution in [3.8, 4) is 17.1 Å². The Hall–Kier alpha value is -1.83. The molecule has 1 unspecified atom stereocenters. The molecular weight excluding hydrogens is 468 g/mol. The van der Waals surface area contributed by atoms with Crippen LogP contribution in [0.3, 0.4) is 0 Å². The van der Waals surface area contributed by atoms with Crippen LogP contribution >= 0.6 is 27.5 Å². The summed E-state index contributed by atoms with van der Waals surface area (Å²) in [5.41, 5.74) is 4.46. The fourth-order valence-corrected chi connectivity index (χ4v) is 4.97. The lowest BCUT2D eigenvalue weighted by Crippen LogP contribution is -2.59. The average Bonchev–Trinajstić information content (AvgIpc) is 3.39. The smallest absolute Gasteiger partial charge is 0.315 e. The number of nitrogens with zero attached hydrogens (tertiary/aromatic N) is 1. The zero-order valence-corrected chi connectivity index (χ0v) is 19.3. The third-order valence-corrected chi connectivity index (χ3v) is 7.28. The normalized spacial score (nSPS) is 22.0. The maximum atomic E-state index is 11.0. The number of aryl methyl sites for hydroxylation is 1. The van der Waals surface area contributed by atoms with Crippen LogP contribution in [0.5, 0.6) is 5.88 Å². The second-order valence-corrected chi connectivity index (χ2v) is 9.18. The number of pyridine rings is 1. The molecule has 2 fully saturated rings. The van der Waals surface area contributed by atoms with Gasteiger partial charge in [-0.1, -0.05) is 23.7 Å². The number of aromatic nitrogens is 1. The maximum Gasteiger partial charge on any atom is 0.315 e. The van der Waals surface area contributed by atoms with Gasteiger partial charge in [0.2, 0.25) is 5.88 Å². The third kappa shape index (κ3) is 4.43. The fraction of sp³-hybridized carbons (Fsp3) is 0.455. The molecule has 1 atom stereocenters. The number of carbonyl (C=O) groups excluding carboxylic acids is 1. The molecule has 1 aromatic carbocycles. The summed E-state index contributed by atoms with van der Waals surface area (Å²) in [5, 5.41) is 9.69. The van der Waals surface area contributed by atoms with Crippen LogP contribution in [-0.4, -0.2) is 43.3 Å². The van der Waals surface area contributed by atoms with Gasteiger partial charge in [0.15, 0.2) is 0 Å². The summed E-state index contributed by atoms with van der Waals surface area (Å²) in [5.74, 6) is 0.737. The van der Waals surface area contributed by atoms with Gasteiger partial charge in [-0.25, -0.2) is 9.78 Å². The molecule has 0 radical (unpaired) electrons. The Kier molecular flexibility index (Phi) is 6.51. The number of methoxy groups -OCH3 is 1. The Balaban J connectivity index is 0.000000168. The maximum absolute atomic E-state index is 11.0. The minimum absolute atomic E-state index is 0.0139. The molecule has 1 aromatic heterocycles. The summed E-state index contributed by atoms with van der Waals surface area (Å²) in [6.07, 6.45) is 5.43. The molecule has 2 aliphatic heterocycles. The van der Waals surface area contributed by atoms with E-state index in [0.717, 1.165) is 66.9 Å². The van der Waals surface area contributed by atoms with E-state index >= 15 is 0 Å². The van der Waals surface area contributed by atoms with Crippen LogP contribution < -0.4 is 20.7 Å². The van der Waals surface area contributed by atoms with E-state index in [-0.39, 0.29) is 11.6 Å². The number of carbonyl (C=O) groups is 1. The van der Waals surface area contributed by atoms with E-state index in [1.807, 2.05) is 18.2 Å². The predicted octanol–water partition coefficient (Wildman–Crippen LogP) is 4.08. The minimum atomic E-state index is -0.0139. The van der Waals surface area contributed by atoms with Crippen molar-refractivity contribution in [1.82, 2.24) is 20.9 Å². The molecule has 6 nitrogen and oxygen atoms in total. The Morgan fingerprint density at radius 1 is 1.23 bits per heavy atom. The summed E-state index contributed by atoms with van der Waals surface area (Å²) in [6.45, 7) is 2.77. The van der Waals surface area contributed by atoms with Crippen molar-refractivity contribution in [1.29, 1.82) is 0 Å². The van der Waals surface area contributed by atoms with Gasteiger partial charge in [-0.3, -0.25) is 0 Å². The quantitative estimate of drug-likeness (QED) is 0.589. The van der Waals surface area contributed by atoms with Gasteiger partial charge in [-0.05, 0) is 72.3 Å². The summed E-state index contributed by atoms with van der Waals surface area (Å²) < 4.78 is 6.31. The van der Waals surface area contributed by atoms with Crippen LogP contribution in [0.2, 0.25) is 5.02 Å². The zero-order chi connectivity index (χ0) is 21.1. The Morgan fingerprint density at radius 3 is 2.80 bits per heavy atom. The number of urea groups is 1. The van der Waals surface area contributed by atoms with Gasteiger partial charge in [0, 0.05) is 28.7 Å². The summed E-state index contributed by atoms with van der Waals surface area (Å²) in [6, 6.07) is 8.00. The number of halogens is 2. The second kappa shape index (κ2) is 9.12. The lowest BCUT2D eigenvalue weighted by Gasteiger charge is -2.33. The highest BCUT2D eigenvalue weighted by molar-refractivity contribution is 9.10. The SMILES string of the molecule is COc1nc(-c2cccc(Br)c2Cl)cc2c1CCC2.O=C1NCCC2(CCNC2)N1. The van der Waals surface area contributed by atoms with E-state index in [1.54, 1.807) is 7.11 Å². The molecule has 30 heavy (non-hydrogen) atoms. The standard InChI is InChI=1S/C15H13BrClNO.C7H13N3O/c1-19-15-10-5-2-4-9(10)8-13(18-15)11-6-3-7-12(16)14(11)17;11-6-9-4-2-7(10-6)1-3-8-5-7/h3,6-8H,2,4-5H2,1H3;8H,1-5H2,(H2,9,10,11). The molecule has 1 spiro atoms. The summed E-state index contributed by atoms with van der Waals surface area (Å²) in [7, 11) is 1.67. The van der Waals surface area contributed by atoms with Gasteiger partial charge in [0.1, 0.15) is 0 Å². The molecule has 160 valence electrons. The molecule has 2 amide bonds. The minimum Gasteiger partial charge on any atom is -0.481 e. The van der Waals surface area contributed by atoms with E-state index < -0.39 is 0 Å². The van der Waals surface area contributed by atoms with E-state index in [2.05, 4.69) is 42.9 Å². The van der Waals surface area contributed by atoms with Gasteiger partial charge < -0.3 is 20.7 Å². The van der Waals surface area contributed by atoms with Crippen molar-refractivity contribution < 1.29 is 9.53 Å². The second-order valence-electron chi connectivity index (χ2n) is 7.95. The Morgan fingerprint density at radius 2 is 2.07 bits per heavy atom. The van der Waals surface area contributed by atoms with Crippen molar-refractivity contribution in [2.24, 2.45) is 0 Å². The molecular formula is C22H26BrClN4O2. The largest absolute Gasteiger partial charge is 0.481 e. The first kappa shape index (κ1) is 21.4. The molecule has 0 saturated carbocycles. The first-order valence-corrected chi connectivity index (χ1v) is 11.5. The first-order valence-electron chi connectivity index (χ1n) is 10.3. The molecule has 0 bridgehead atoms. The topological polar surface area (TPSA) is 75.3 Å². The van der Waals surface area contributed by atoms with Crippen LogP contribution in [0.25, 0.3) is 11.3 Å². The molecule has 1 aliphatic carbocycles. The van der Waals surface area contributed by atoms with Gasteiger partial charge >= 0.3 is 6.03 Å². The van der Waals surface area contributed by atoms with Gasteiger partial charge in [-0.15, -0.1) is 0 Å². The number of rotatable bonds is 2. The van der Waals surface area contributed by atoms with Crippen LogP contribution in [0, 0.1) is 0 Å². The number of benzene rings is 1. The number of fused-ring (bicyclic) bond motifs is 1. The number of hydrogen-bond donors (Lipinski definition) is 3. The number of ether oxygens (including phenoxy) is 1. The van der Waals surface area contributed by atoms with Gasteiger partial charge in [-0.2, -0.15) is 0 Å². The van der Waals surface area contributed by atoms with E-state index in [1.165, 1.54) is 17.5 Å². The highest BCUT2D eigenvalue weighted by Crippen LogP contribution is 2.37. The number of hydrogen-bond acceptors (Lipinski definition) is 4. The fourth-order valence-electron chi connectivity index (χ4n) is 4.38. The highest BCUT2D eigenvalue weighted by Gasteiger charge is 2.37. The van der Waals surface area contributed by atoms with E-state index in [0.29, 0.717) is 5.02 Å². The lowest BCUT2D eigenvalue weighted by molar-refractivity contribution is 0.211. The number of nitrogens with one attached hydrogen (secondary N) is 3. The van der Waals surface area contributed by atoms with E-state index in [9.17, 15) is 4.79 Å². The van der Waals surface area contributed by atoms with Crippen molar-refractivity contribution in [2.45, 2.75) is 37.6 Å². The highest BCUT2D eigenvalue weighted by atomic mass is 79.9. The molecule has 5 rings (SSSR count). The molecule has 2 aromatic rings. The molecule has 3 aliphatic rings. The zero-order valence-electron chi connectivity index (χ0n) is 17.0. The van der Waals surface area contributed by atoms with Crippen molar-refractivity contribution >= 4 is 33.6 Å². The van der Waals surface area contributed by atoms with Crippen molar-refractivity contribution in [3.63, 3.8) is 0 Å². The van der Waals surface area contributed by atoms with Crippen LogP contribution in [0.15, 0.2) is 28.7 Å². The first-order chi connectivity index (χ1) is 14.5. The average molecular weight is 494 g/mol. The summed E-state index contributed by atoms with van der Waals surface area (Å²) >= 11 is 9.80. The third-order valence-electron chi connectivity index (χ3n) is 5.98. The van der Waals surface area contributed by atoms with Crippen LogP contribution in [0.4, 0.5) is 4.79 Å². The summed E-state index contributed by atoms with van der Waals surface area (Å²) in [4.78, 5) is 15.6. The lowest BCUT2D eigenvalue weighted by atomic mass is 9.93. The van der Waals surface area contributed by atoms with Gasteiger partial charge in [0.25, 0.3) is 0 Å². The van der Waals surface area contributed by atoms with Crippen LogP contribution in [-0.2, 0) is 12.8 Å². The van der Waals surface area contributed by atoms with Crippen molar-refractivity contribution in [2.75, 3.05) is 26.7 Å². The van der Waals surface area contributed by atoms with Gasteiger partial charge in [0.05, 0.1) is 23.4 Å². The number of amides is 2. The Bertz CT molecular complexity index is 947. The van der Waals surface area contributed by atoms with Crippen LogP contribution in [0.1, 0.15) is 30.4 Å². The molecule has 3 heterocycles. The monoisotopic (exact) mass is 492 g/mol.